The molecule has 1 N–H and O–H groups in total. The van der Waals surface area contributed by atoms with Crippen molar-refractivity contribution in [1.82, 2.24) is 14.9 Å². The lowest BCUT2D eigenvalue weighted by Gasteiger charge is -2.19. The van der Waals surface area contributed by atoms with Crippen LogP contribution in [0.2, 0.25) is 0 Å². The summed E-state index contributed by atoms with van der Waals surface area (Å²) in [5, 5.41) is 3.71. The monoisotopic (exact) mass is 361 g/mol. The van der Waals surface area contributed by atoms with Crippen LogP contribution in [0.25, 0.3) is 10.9 Å². The summed E-state index contributed by atoms with van der Waals surface area (Å²) in [5.41, 5.74) is 2.23. The van der Waals surface area contributed by atoms with Crippen molar-refractivity contribution in [3.8, 4) is 0 Å². The lowest BCUT2D eigenvalue weighted by atomic mass is 10.0. The number of hydrogen-bond acceptors (Lipinski definition) is 3. The van der Waals surface area contributed by atoms with Crippen LogP contribution in [-0.2, 0) is 13.0 Å². The van der Waals surface area contributed by atoms with Gasteiger partial charge in [-0.2, -0.15) is 0 Å². The Morgan fingerprint density at radius 2 is 2.04 bits per heavy atom. The number of benzene rings is 2. The highest BCUT2D eigenvalue weighted by atomic mass is 16.1. The van der Waals surface area contributed by atoms with E-state index in [1.165, 1.54) is 0 Å². The van der Waals surface area contributed by atoms with Crippen LogP contribution >= 0.6 is 0 Å². The molecule has 0 unspecified atom stereocenters. The molecule has 2 heterocycles. The van der Waals surface area contributed by atoms with Gasteiger partial charge >= 0.3 is 0 Å². The molecule has 0 radical (unpaired) electrons. The number of amides is 1. The normalized spacial score (nSPS) is 14.1. The second kappa shape index (κ2) is 7.35. The number of fused-ring (bicyclic) bond motifs is 2. The summed E-state index contributed by atoms with van der Waals surface area (Å²) in [7, 11) is 0. The standard InChI is InChI=1S/C22H23N3O2/c1-2-7-18(15-8-4-3-5-9-15)24-21(26)16-11-12-17-19(14-16)23-20-10-6-13-25(20)22(17)27/h3-5,8-9,11-12,14,18H,2,6-7,10,13H2,1H3,(H,24,26)/t18-/m0/s1. The molecular weight excluding hydrogens is 338 g/mol. The van der Waals surface area contributed by atoms with Gasteiger partial charge in [0.15, 0.2) is 0 Å². The Bertz CT molecular complexity index is 1040. The van der Waals surface area contributed by atoms with Gasteiger partial charge < -0.3 is 5.32 Å². The van der Waals surface area contributed by atoms with E-state index in [1.54, 1.807) is 22.8 Å². The van der Waals surface area contributed by atoms with Crippen LogP contribution in [0, 0.1) is 0 Å². The first kappa shape index (κ1) is 17.5. The molecule has 3 aromatic rings. The van der Waals surface area contributed by atoms with Gasteiger partial charge in [-0.25, -0.2) is 4.98 Å². The zero-order valence-electron chi connectivity index (χ0n) is 15.4. The maximum absolute atomic E-state index is 12.8. The molecule has 1 aliphatic rings. The molecule has 1 atom stereocenters. The topological polar surface area (TPSA) is 64.0 Å². The van der Waals surface area contributed by atoms with Crippen LogP contribution in [-0.4, -0.2) is 15.5 Å². The molecular formula is C22H23N3O2. The van der Waals surface area contributed by atoms with E-state index < -0.39 is 0 Å². The zero-order valence-corrected chi connectivity index (χ0v) is 15.4. The Hall–Kier alpha value is -2.95. The predicted octanol–water partition coefficient (Wildman–Crippen LogP) is 3.61. The van der Waals surface area contributed by atoms with E-state index in [9.17, 15) is 9.59 Å². The van der Waals surface area contributed by atoms with E-state index in [-0.39, 0.29) is 17.5 Å². The minimum atomic E-state index is -0.137. The molecule has 1 amide bonds. The van der Waals surface area contributed by atoms with E-state index in [4.69, 9.17) is 0 Å². The van der Waals surface area contributed by atoms with E-state index in [1.807, 2.05) is 30.3 Å². The van der Waals surface area contributed by atoms with Gasteiger partial charge in [0.1, 0.15) is 5.82 Å². The molecule has 0 spiro atoms. The number of hydrogen-bond donors (Lipinski definition) is 1. The fourth-order valence-electron chi connectivity index (χ4n) is 3.76. The third-order valence-corrected chi connectivity index (χ3v) is 5.16. The van der Waals surface area contributed by atoms with Crippen LogP contribution < -0.4 is 10.9 Å². The third kappa shape index (κ3) is 3.37. The van der Waals surface area contributed by atoms with E-state index in [2.05, 4.69) is 17.2 Å². The number of nitrogens with one attached hydrogen (secondary N) is 1. The summed E-state index contributed by atoms with van der Waals surface area (Å²) >= 11 is 0. The summed E-state index contributed by atoms with van der Waals surface area (Å²) in [6.45, 7) is 2.84. The molecule has 5 nitrogen and oxygen atoms in total. The van der Waals surface area contributed by atoms with Crippen molar-refractivity contribution >= 4 is 16.8 Å². The average molecular weight is 361 g/mol. The predicted molar refractivity (Wildman–Crippen MR) is 106 cm³/mol. The van der Waals surface area contributed by atoms with E-state index in [0.29, 0.717) is 16.5 Å². The molecule has 4 rings (SSSR count). The van der Waals surface area contributed by atoms with Crippen molar-refractivity contribution in [2.45, 2.75) is 45.2 Å². The highest BCUT2D eigenvalue weighted by Gasteiger charge is 2.19. The fraction of sp³-hybridized carbons (Fsp3) is 0.318. The second-order valence-corrected chi connectivity index (χ2v) is 7.05. The Labute approximate surface area is 158 Å². The highest BCUT2D eigenvalue weighted by Crippen LogP contribution is 2.20. The minimum absolute atomic E-state index is 0.00685. The molecule has 0 aliphatic carbocycles. The molecule has 2 aromatic carbocycles. The fourth-order valence-corrected chi connectivity index (χ4v) is 3.76. The average Bonchev–Trinajstić information content (AvgIpc) is 3.17. The van der Waals surface area contributed by atoms with Crippen molar-refractivity contribution in [2.75, 3.05) is 0 Å². The molecule has 5 heteroatoms. The number of nitrogens with zero attached hydrogens (tertiary/aromatic N) is 2. The summed E-state index contributed by atoms with van der Waals surface area (Å²) in [6, 6.07) is 15.2. The van der Waals surface area contributed by atoms with Crippen molar-refractivity contribution in [3.63, 3.8) is 0 Å². The maximum Gasteiger partial charge on any atom is 0.261 e. The SMILES string of the molecule is CCC[C@H](NC(=O)c1ccc2c(=O)n3c(nc2c1)CCC3)c1ccccc1. The van der Waals surface area contributed by atoms with Gasteiger partial charge in [0.25, 0.3) is 11.5 Å². The number of rotatable bonds is 5. The van der Waals surface area contributed by atoms with Gasteiger partial charge in [0, 0.05) is 18.5 Å². The molecule has 1 aliphatic heterocycles. The molecule has 27 heavy (non-hydrogen) atoms. The van der Waals surface area contributed by atoms with Crippen molar-refractivity contribution < 1.29 is 4.79 Å². The summed E-state index contributed by atoms with van der Waals surface area (Å²) in [5.74, 6) is 0.680. The van der Waals surface area contributed by atoms with Crippen LogP contribution in [0.4, 0.5) is 0 Å². The van der Waals surface area contributed by atoms with Gasteiger partial charge in [0.2, 0.25) is 0 Å². The lowest BCUT2D eigenvalue weighted by Crippen LogP contribution is -2.28. The Morgan fingerprint density at radius 1 is 1.22 bits per heavy atom. The number of aromatic nitrogens is 2. The van der Waals surface area contributed by atoms with Gasteiger partial charge in [-0.05, 0) is 36.6 Å². The van der Waals surface area contributed by atoms with Gasteiger partial charge in [-0.1, -0.05) is 43.7 Å². The summed E-state index contributed by atoms with van der Waals surface area (Å²) in [6.07, 6.45) is 3.61. The van der Waals surface area contributed by atoms with Crippen molar-refractivity contribution in [3.05, 3.63) is 75.8 Å². The molecule has 0 bridgehead atoms. The third-order valence-electron chi connectivity index (χ3n) is 5.16. The lowest BCUT2D eigenvalue weighted by molar-refractivity contribution is 0.0934. The van der Waals surface area contributed by atoms with Crippen LogP contribution in [0.1, 0.15) is 54.0 Å². The van der Waals surface area contributed by atoms with Crippen molar-refractivity contribution in [2.24, 2.45) is 0 Å². The van der Waals surface area contributed by atoms with Crippen LogP contribution in [0.3, 0.4) is 0 Å². The van der Waals surface area contributed by atoms with Crippen LogP contribution in [0.5, 0.6) is 0 Å². The molecule has 0 saturated carbocycles. The smallest absolute Gasteiger partial charge is 0.261 e. The largest absolute Gasteiger partial charge is 0.345 e. The molecule has 0 fully saturated rings. The number of carbonyl (C=O) groups is 1. The zero-order chi connectivity index (χ0) is 18.8. The van der Waals surface area contributed by atoms with Crippen molar-refractivity contribution in [1.29, 1.82) is 0 Å². The first-order valence-electron chi connectivity index (χ1n) is 9.56. The first-order valence-corrected chi connectivity index (χ1v) is 9.56. The molecule has 0 saturated heterocycles. The Balaban J connectivity index is 1.64. The summed E-state index contributed by atoms with van der Waals surface area (Å²) in [4.78, 5) is 30.0. The Kier molecular flexibility index (Phi) is 4.75. The second-order valence-electron chi connectivity index (χ2n) is 7.05. The van der Waals surface area contributed by atoms with E-state index >= 15 is 0 Å². The van der Waals surface area contributed by atoms with Gasteiger partial charge in [0.05, 0.1) is 16.9 Å². The molecule has 1 aromatic heterocycles. The Morgan fingerprint density at radius 3 is 2.81 bits per heavy atom. The van der Waals surface area contributed by atoms with Gasteiger partial charge in [-0.15, -0.1) is 0 Å². The number of aryl methyl sites for hydroxylation is 1. The maximum atomic E-state index is 12.8. The van der Waals surface area contributed by atoms with Crippen LogP contribution in [0.15, 0.2) is 53.3 Å². The first-order chi connectivity index (χ1) is 13.2. The number of carbonyl (C=O) groups excluding carboxylic acids is 1. The highest BCUT2D eigenvalue weighted by molar-refractivity contribution is 5.97. The summed E-state index contributed by atoms with van der Waals surface area (Å²) < 4.78 is 1.74. The molecule has 138 valence electrons. The van der Waals surface area contributed by atoms with E-state index in [0.717, 1.165) is 43.6 Å². The van der Waals surface area contributed by atoms with Gasteiger partial charge in [-0.3, -0.25) is 14.2 Å². The minimum Gasteiger partial charge on any atom is -0.345 e. The quantitative estimate of drug-likeness (QED) is 0.755.